The maximum absolute atomic E-state index is 6.20. The number of hydrogen-bond acceptors (Lipinski definition) is 3. The molecule has 1 aliphatic carbocycles. The molecule has 0 spiro atoms. The Hall–Kier alpha value is -0.510. The van der Waals surface area contributed by atoms with Gasteiger partial charge in [-0.25, -0.2) is 0 Å². The van der Waals surface area contributed by atoms with Gasteiger partial charge in [0, 0.05) is 10.1 Å². The van der Waals surface area contributed by atoms with E-state index in [9.17, 15) is 0 Å². The Kier molecular flexibility index (Phi) is 4.46. The fourth-order valence-corrected chi connectivity index (χ4v) is 4.47. The minimum absolute atomic E-state index is 0.406. The molecule has 1 saturated carbocycles. The van der Waals surface area contributed by atoms with Crippen molar-refractivity contribution in [2.45, 2.75) is 48.4 Å². The summed E-state index contributed by atoms with van der Waals surface area (Å²) < 4.78 is 6.20. The van der Waals surface area contributed by atoms with Crippen LogP contribution in [0, 0.1) is 5.92 Å². The van der Waals surface area contributed by atoms with E-state index in [4.69, 9.17) is 10.5 Å². The molecule has 0 bridgehead atoms. The van der Waals surface area contributed by atoms with Crippen LogP contribution in [0.2, 0.25) is 0 Å². The molecule has 3 heteroatoms. The highest BCUT2D eigenvalue weighted by molar-refractivity contribution is 8.00. The van der Waals surface area contributed by atoms with Crippen LogP contribution in [0.4, 0.5) is 0 Å². The van der Waals surface area contributed by atoms with Crippen LogP contribution in [-0.4, -0.2) is 24.5 Å². The zero-order valence-electron chi connectivity index (χ0n) is 11.4. The molecule has 104 valence electrons. The van der Waals surface area contributed by atoms with Crippen molar-refractivity contribution < 1.29 is 4.74 Å². The summed E-state index contributed by atoms with van der Waals surface area (Å²) in [4.78, 5) is 1.44. The van der Waals surface area contributed by atoms with Gasteiger partial charge in [-0.2, -0.15) is 0 Å². The Morgan fingerprint density at radius 3 is 2.89 bits per heavy atom. The molecule has 2 nitrogen and oxygen atoms in total. The molecular formula is C16H23NOS. The fourth-order valence-electron chi connectivity index (χ4n) is 3.24. The number of fused-ring (bicyclic) bond motifs is 1. The van der Waals surface area contributed by atoms with Gasteiger partial charge in [-0.05, 0) is 43.4 Å². The van der Waals surface area contributed by atoms with Gasteiger partial charge in [0.1, 0.15) is 0 Å². The Morgan fingerprint density at radius 1 is 1.21 bits per heavy atom. The lowest BCUT2D eigenvalue weighted by Crippen LogP contribution is -2.34. The Morgan fingerprint density at radius 2 is 2.05 bits per heavy atom. The second-order valence-electron chi connectivity index (χ2n) is 5.70. The maximum Gasteiger partial charge on any atom is 0.0615 e. The van der Waals surface area contributed by atoms with E-state index < -0.39 is 0 Å². The smallest absolute Gasteiger partial charge is 0.0615 e. The van der Waals surface area contributed by atoms with Crippen LogP contribution in [0.5, 0.6) is 0 Å². The van der Waals surface area contributed by atoms with Crippen molar-refractivity contribution in [3.8, 4) is 0 Å². The molecule has 3 unspecified atom stereocenters. The zero-order valence-corrected chi connectivity index (χ0v) is 12.2. The molecule has 2 N–H and O–H groups in total. The first-order chi connectivity index (χ1) is 9.36. The van der Waals surface area contributed by atoms with Crippen LogP contribution >= 0.6 is 11.8 Å². The van der Waals surface area contributed by atoms with E-state index >= 15 is 0 Å². The molecule has 0 aromatic heterocycles. The largest absolute Gasteiger partial charge is 0.377 e. The molecule has 0 saturated heterocycles. The average molecular weight is 277 g/mol. The minimum atomic E-state index is 0.406. The van der Waals surface area contributed by atoms with Crippen LogP contribution in [0.25, 0.3) is 0 Å². The van der Waals surface area contributed by atoms with Gasteiger partial charge in [0.15, 0.2) is 0 Å². The van der Waals surface area contributed by atoms with Crippen LogP contribution in [0.1, 0.15) is 31.2 Å². The molecule has 1 aromatic rings. The van der Waals surface area contributed by atoms with E-state index in [1.54, 1.807) is 0 Å². The normalized spacial score (nSPS) is 30.3. The summed E-state index contributed by atoms with van der Waals surface area (Å²) >= 11 is 1.98. The molecule has 1 aliphatic heterocycles. The number of ether oxygens (including phenoxy) is 1. The van der Waals surface area contributed by atoms with Crippen molar-refractivity contribution in [2.24, 2.45) is 11.7 Å². The predicted octanol–water partition coefficient (Wildman–Crippen LogP) is 3.24. The Bertz CT molecular complexity index is 398. The van der Waals surface area contributed by atoms with Crippen molar-refractivity contribution in [1.29, 1.82) is 0 Å². The van der Waals surface area contributed by atoms with E-state index in [1.807, 2.05) is 11.8 Å². The lowest BCUT2D eigenvalue weighted by Gasteiger charge is -2.31. The SMILES string of the molecule is NCC1CCCCC1OCC1Cc2ccccc2S1. The third-order valence-corrected chi connectivity index (χ3v) is 5.64. The number of thioether (sulfide) groups is 1. The highest BCUT2D eigenvalue weighted by Gasteiger charge is 2.27. The van der Waals surface area contributed by atoms with Gasteiger partial charge in [-0.15, -0.1) is 11.8 Å². The fraction of sp³-hybridized carbons (Fsp3) is 0.625. The molecule has 0 radical (unpaired) electrons. The lowest BCUT2D eigenvalue weighted by atomic mass is 9.86. The highest BCUT2D eigenvalue weighted by atomic mass is 32.2. The predicted molar refractivity (Wildman–Crippen MR) is 80.5 cm³/mol. The summed E-state index contributed by atoms with van der Waals surface area (Å²) in [7, 11) is 0. The number of rotatable bonds is 4. The summed E-state index contributed by atoms with van der Waals surface area (Å²) in [5, 5.41) is 0.595. The minimum Gasteiger partial charge on any atom is -0.377 e. The van der Waals surface area contributed by atoms with Gasteiger partial charge in [0.25, 0.3) is 0 Å². The van der Waals surface area contributed by atoms with E-state index in [0.29, 0.717) is 17.3 Å². The number of benzene rings is 1. The molecule has 2 aliphatic rings. The van der Waals surface area contributed by atoms with Gasteiger partial charge >= 0.3 is 0 Å². The highest BCUT2D eigenvalue weighted by Crippen LogP contribution is 2.37. The van der Waals surface area contributed by atoms with E-state index in [-0.39, 0.29) is 0 Å². The van der Waals surface area contributed by atoms with Gasteiger partial charge in [0.05, 0.1) is 12.7 Å². The van der Waals surface area contributed by atoms with Gasteiger partial charge < -0.3 is 10.5 Å². The van der Waals surface area contributed by atoms with Crippen molar-refractivity contribution in [3.05, 3.63) is 29.8 Å². The van der Waals surface area contributed by atoms with Crippen molar-refractivity contribution >= 4 is 11.8 Å². The summed E-state index contributed by atoms with van der Waals surface area (Å²) in [5.41, 5.74) is 7.35. The third kappa shape index (κ3) is 3.15. The molecule has 1 aromatic carbocycles. The molecule has 1 heterocycles. The number of hydrogen-bond donors (Lipinski definition) is 1. The van der Waals surface area contributed by atoms with Crippen LogP contribution in [0.3, 0.4) is 0 Å². The molecular weight excluding hydrogens is 254 g/mol. The third-order valence-electron chi connectivity index (χ3n) is 4.35. The first kappa shape index (κ1) is 13.5. The van der Waals surface area contributed by atoms with E-state index in [2.05, 4.69) is 24.3 Å². The van der Waals surface area contributed by atoms with Crippen LogP contribution < -0.4 is 5.73 Å². The van der Waals surface area contributed by atoms with Gasteiger partial charge in [0.2, 0.25) is 0 Å². The second kappa shape index (κ2) is 6.29. The Labute approximate surface area is 120 Å². The summed E-state index contributed by atoms with van der Waals surface area (Å²) in [6.45, 7) is 1.66. The molecule has 0 amide bonds. The summed E-state index contributed by atoms with van der Waals surface area (Å²) in [6, 6.07) is 8.73. The summed E-state index contributed by atoms with van der Waals surface area (Å²) in [5.74, 6) is 0.586. The van der Waals surface area contributed by atoms with Crippen molar-refractivity contribution in [2.75, 3.05) is 13.2 Å². The molecule has 1 fully saturated rings. The topological polar surface area (TPSA) is 35.2 Å². The zero-order chi connectivity index (χ0) is 13.1. The quantitative estimate of drug-likeness (QED) is 0.917. The van der Waals surface area contributed by atoms with Gasteiger partial charge in [-0.1, -0.05) is 31.0 Å². The molecule has 3 rings (SSSR count). The Balaban J connectivity index is 1.51. The molecule has 3 atom stereocenters. The standard InChI is InChI=1S/C16H23NOS/c17-10-13-6-1-3-7-15(13)18-11-14-9-12-5-2-4-8-16(12)19-14/h2,4-5,8,13-15H,1,3,6-7,9-11,17H2. The second-order valence-corrected chi connectivity index (χ2v) is 7.05. The first-order valence-corrected chi connectivity index (χ1v) is 8.31. The van der Waals surface area contributed by atoms with E-state index in [1.165, 1.54) is 36.1 Å². The lowest BCUT2D eigenvalue weighted by molar-refractivity contribution is -0.00675. The number of nitrogens with two attached hydrogens (primary N) is 1. The van der Waals surface area contributed by atoms with Crippen LogP contribution in [0.15, 0.2) is 29.2 Å². The monoisotopic (exact) mass is 277 g/mol. The van der Waals surface area contributed by atoms with Crippen LogP contribution in [-0.2, 0) is 11.2 Å². The van der Waals surface area contributed by atoms with Gasteiger partial charge in [-0.3, -0.25) is 0 Å². The maximum atomic E-state index is 6.20. The van der Waals surface area contributed by atoms with Crippen molar-refractivity contribution in [1.82, 2.24) is 0 Å². The molecule has 19 heavy (non-hydrogen) atoms. The van der Waals surface area contributed by atoms with Crippen molar-refractivity contribution in [3.63, 3.8) is 0 Å². The average Bonchev–Trinajstić information content (AvgIpc) is 2.88. The van der Waals surface area contributed by atoms with E-state index in [0.717, 1.165) is 19.6 Å². The summed E-state index contributed by atoms with van der Waals surface area (Å²) in [6.07, 6.45) is 6.64. The first-order valence-electron chi connectivity index (χ1n) is 7.43.